The fourth-order valence-electron chi connectivity index (χ4n) is 9.52. The molecule has 0 saturated carbocycles. The summed E-state index contributed by atoms with van der Waals surface area (Å²) in [5.41, 5.74) is 0. The molecule has 0 aromatic carbocycles. The fraction of sp³-hybridized carbons (Fsp3) is 0.881. The monoisotopic (exact) mass is 1260 g/mol. The average molecular weight is 1270 g/mol. The standard InChI is InChI=1S/C67H126O17P2/c1-7-9-11-13-15-17-18-19-20-21-24-28-32-39-45-51-66(71)83-62(55-78-65(70)50-44-38-31-27-25-22-23-26-29-35-41-47-59(3)4)57-81-85(73,74)79-53-61(68)54-80-86(75,76)82-58-63(56-77-64(69)49-43-37-30-16-14-12-10-8-2)84-67(72)52-46-40-34-33-36-42-48-60(5)6/h17-20,59-63,68H,7-16,21-58H2,1-6H3,(H,73,74)(H,75,76)/b18-17-,20-19-/t61-,62-,63-/m1/s1. The van der Waals surface area contributed by atoms with Crippen LogP contribution in [-0.2, 0) is 65.4 Å². The number of unbranched alkanes of at least 4 members (excludes halogenated alkanes) is 31. The van der Waals surface area contributed by atoms with Gasteiger partial charge in [0, 0.05) is 25.7 Å². The lowest BCUT2D eigenvalue weighted by atomic mass is 10.0. The molecule has 0 amide bonds. The molecular weight excluding hydrogens is 1140 g/mol. The largest absolute Gasteiger partial charge is 0.472 e. The molecule has 0 aromatic rings. The Labute approximate surface area is 522 Å². The van der Waals surface area contributed by atoms with Crippen molar-refractivity contribution in [2.45, 2.75) is 330 Å². The summed E-state index contributed by atoms with van der Waals surface area (Å²) in [6.07, 6.45) is 45.5. The molecule has 0 saturated heterocycles. The molecule has 0 radical (unpaired) electrons. The smallest absolute Gasteiger partial charge is 0.462 e. The van der Waals surface area contributed by atoms with Crippen LogP contribution < -0.4 is 0 Å². The summed E-state index contributed by atoms with van der Waals surface area (Å²) in [7, 11) is -9.90. The van der Waals surface area contributed by atoms with Crippen molar-refractivity contribution in [3.63, 3.8) is 0 Å². The number of aliphatic hydroxyl groups excluding tert-OH is 1. The first-order chi connectivity index (χ1) is 41.4. The highest BCUT2D eigenvalue weighted by molar-refractivity contribution is 7.47. The van der Waals surface area contributed by atoms with Gasteiger partial charge in [-0.25, -0.2) is 9.13 Å². The molecule has 506 valence electrons. The van der Waals surface area contributed by atoms with Crippen LogP contribution in [0, 0.1) is 11.8 Å². The molecule has 17 nitrogen and oxygen atoms in total. The van der Waals surface area contributed by atoms with E-state index in [1.807, 2.05) is 0 Å². The molecule has 0 aliphatic rings. The topological polar surface area (TPSA) is 237 Å². The third-order valence-electron chi connectivity index (χ3n) is 14.8. The molecule has 0 aliphatic carbocycles. The van der Waals surface area contributed by atoms with E-state index in [0.29, 0.717) is 31.6 Å². The molecule has 0 bridgehead atoms. The number of aliphatic hydroxyl groups is 1. The van der Waals surface area contributed by atoms with E-state index in [4.69, 9.17) is 37.0 Å². The molecule has 19 heteroatoms. The van der Waals surface area contributed by atoms with Crippen molar-refractivity contribution >= 4 is 39.5 Å². The Morgan fingerprint density at radius 2 is 0.628 bits per heavy atom. The van der Waals surface area contributed by atoms with E-state index in [1.54, 1.807) is 0 Å². The van der Waals surface area contributed by atoms with Crippen LogP contribution in [0.3, 0.4) is 0 Å². The van der Waals surface area contributed by atoms with Crippen molar-refractivity contribution in [1.29, 1.82) is 0 Å². The van der Waals surface area contributed by atoms with E-state index >= 15 is 0 Å². The van der Waals surface area contributed by atoms with Gasteiger partial charge in [0.05, 0.1) is 26.4 Å². The fourth-order valence-corrected chi connectivity index (χ4v) is 11.1. The third kappa shape index (κ3) is 60.5. The van der Waals surface area contributed by atoms with Gasteiger partial charge in [-0.3, -0.25) is 37.3 Å². The minimum Gasteiger partial charge on any atom is -0.462 e. The Morgan fingerprint density at radius 1 is 0.360 bits per heavy atom. The number of phosphoric acid groups is 2. The summed E-state index contributed by atoms with van der Waals surface area (Å²) in [5, 5.41) is 10.5. The zero-order chi connectivity index (χ0) is 63.6. The van der Waals surface area contributed by atoms with Crippen molar-refractivity contribution in [3.8, 4) is 0 Å². The molecule has 0 fully saturated rings. The Bertz CT molecular complexity index is 1780. The first-order valence-corrected chi connectivity index (χ1v) is 37.3. The van der Waals surface area contributed by atoms with Crippen molar-refractivity contribution in [2.24, 2.45) is 11.8 Å². The van der Waals surface area contributed by atoms with Crippen LogP contribution >= 0.6 is 15.6 Å². The van der Waals surface area contributed by atoms with Crippen molar-refractivity contribution in [3.05, 3.63) is 24.3 Å². The van der Waals surface area contributed by atoms with Gasteiger partial charge in [0.15, 0.2) is 12.2 Å². The Balaban J connectivity index is 5.26. The van der Waals surface area contributed by atoms with E-state index in [1.165, 1.54) is 109 Å². The maximum Gasteiger partial charge on any atom is 0.472 e. The Hall–Kier alpha value is -2.46. The number of hydrogen-bond acceptors (Lipinski definition) is 15. The van der Waals surface area contributed by atoms with Gasteiger partial charge >= 0.3 is 39.5 Å². The lowest BCUT2D eigenvalue weighted by Gasteiger charge is -2.21. The van der Waals surface area contributed by atoms with Gasteiger partial charge in [0.1, 0.15) is 19.3 Å². The number of hydrogen-bond donors (Lipinski definition) is 3. The van der Waals surface area contributed by atoms with Crippen LogP contribution in [0.4, 0.5) is 0 Å². The maximum absolute atomic E-state index is 13.0. The van der Waals surface area contributed by atoms with Gasteiger partial charge in [-0.05, 0) is 63.2 Å². The molecule has 86 heavy (non-hydrogen) atoms. The SMILES string of the molecule is CCCCCC/C=C\C=C/CCCCCCCC(=O)O[C@H](COC(=O)CCCCCCCCCCCCCC(C)C)COP(=O)(O)OC[C@@H](O)COP(=O)(O)OC[C@@H](COC(=O)CCCCCCCCCC)OC(=O)CCCCCCCCC(C)C. The van der Waals surface area contributed by atoms with Gasteiger partial charge in [-0.1, -0.05) is 258 Å². The second kappa shape index (κ2) is 58.9. The van der Waals surface area contributed by atoms with Gasteiger partial charge < -0.3 is 33.8 Å². The number of ether oxygens (including phenoxy) is 4. The molecule has 0 aromatic heterocycles. The summed E-state index contributed by atoms with van der Waals surface area (Å²) in [5.74, 6) is -0.730. The first kappa shape index (κ1) is 83.5. The second-order valence-electron chi connectivity index (χ2n) is 24.5. The summed E-state index contributed by atoms with van der Waals surface area (Å²) in [4.78, 5) is 72.2. The predicted octanol–water partition coefficient (Wildman–Crippen LogP) is 18.4. The number of carbonyl (C=O) groups is 4. The predicted molar refractivity (Wildman–Crippen MR) is 344 cm³/mol. The van der Waals surface area contributed by atoms with Gasteiger partial charge in [-0.15, -0.1) is 0 Å². The summed E-state index contributed by atoms with van der Waals surface area (Å²) in [6.45, 7) is 9.33. The van der Waals surface area contributed by atoms with Gasteiger partial charge in [0.2, 0.25) is 0 Å². The van der Waals surface area contributed by atoms with Crippen LogP contribution in [0.15, 0.2) is 24.3 Å². The third-order valence-corrected chi connectivity index (χ3v) is 16.7. The van der Waals surface area contributed by atoms with Crippen molar-refractivity contribution < 1.29 is 80.2 Å². The summed E-state index contributed by atoms with van der Waals surface area (Å²) in [6, 6.07) is 0. The minimum atomic E-state index is -4.96. The lowest BCUT2D eigenvalue weighted by molar-refractivity contribution is -0.161. The normalized spacial score (nSPS) is 14.4. The first-order valence-electron chi connectivity index (χ1n) is 34.3. The number of esters is 4. The van der Waals surface area contributed by atoms with E-state index in [2.05, 4.69) is 65.8 Å². The molecular formula is C67H126O17P2. The highest BCUT2D eigenvalue weighted by Gasteiger charge is 2.30. The van der Waals surface area contributed by atoms with Gasteiger partial charge in [-0.2, -0.15) is 0 Å². The Morgan fingerprint density at radius 3 is 0.953 bits per heavy atom. The lowest BCUT2D eigenvalue weighted by Crippen LogP contribution is -2.30. The van der Waals surface area contributed by atoms with E-state index in [9.17, 15) is 43.2 Å². The van der Waals surface area contributed by atoms with Gasteiger partial charge in [0.25, 0.3) is 0 Å². The minimum absolute atomic E-state index is 0.0845. The zero-order valence-corrected chi connectivity index (χ0v) is 56.9. The van der Waals surface area contributed by atoms with Crippen LogP contribution in [0.1, 0.15) is 311 Å². The maximum atomic E-state index is 13.0. The van der Waals surface area contributed by atoms with Crippen LogP contribution in [0.2, 0.25) is 0 Å². The van der Waals surface area contributed by atoms with E-state index < -0.39 is 97.5 Å². The number of rotatable bonds is 64. The second-order valence-corrected chi connectivity index (χ2v) is 27.4. The number of carbonyl (C=O) groups excluding carboxylic acids is 4. The molecule has 2 unspecified atom stereocenters. The highest BCUT2D eigenvalue weighted by atomic mass is 31.2. The average Bonchev–Trinajstić information content (AvgIpc) is 3.61. The number of phosphoric ester groups is 2. The molecule has 0 rings (SSSR count). The summed E-state index contributed by atoms with van der Waals surface area (Å²) < 4.78 is 68.0. The van der Waals surface area contributed by atoms with Crippen molar-refractivity contribution in [2.75, 3.05) is 39.6 Å². The molecule has 0 spiro atoms. The zero-order valence-electron chi connectivity index (χ0n) is 55.1. The summed E-state index contributed by atoms with van der Waals surface area (Å²) >= 11 is 0. The Kier molecular flexibility index (Phi) is 57.2. The molecule has 0 heterocycles. The quantitative estimate of drug-likeness (QED) is 0.0169. The molecule has 0 aliphatic heterocycles. The van der Waals surface area contributed by atoms with Crippen LogP contribution in [0.25, 0.3) is 0 Å². The number of allylic oxidation sites excluding steroid dienone is 4. The van der Waals surface area contributed by atoms with E-state index in [-0.39, 0.29) is 25.7 Å². The highest BCUT2D eigenvalue weighted by Crippen LogP contribution is 2.45. The van der Waals surface area contributed by atoms with Crippen molar-refractivity contribution in [1.82, 2.24) is 0 Å². The van der Waals surface area contributed by atoms with E-state index in [0.717, 1.165) is 115 Å². The molecule has 5 atom stereocenters. The van der Waals surface area contributed by atoms with Crippen LogP contribution in [-0.4, -0.2) is 96.7 Å². The van der Waals surface area contributed by atoms with Crippen LogP contribution in [0.5, 0.6) is 0 Å². The molecule has 3 N–H and O–H groups in total.